The number of aliphatic hydroxyl groups excluding tert-OH is 1. The number of likely N-dealkylation sites (tertiary alicyclic amines) is 1. The average Bonchev–Trinajstić information content (AvgIpc) is 2.78. The molecular formula is C25H32N2O2. The van der Waals surface area contributed by atoms with Crippen molar-refractivity contribution in [3.05, 3.63) is 78.9 Å². The van der Waals surface area contributed by atoms with Crippen LogP contribution in [0.5, 0.6) is 0 Å². The van der Waals surface area contributed by atoms with E-state index in [0.717, 1.165) is 37.2 Å². The molecule has 1 amide bonds. The van der Waals surface area contributed by atoms with Gasteiger partial charge >= 0.3 is 0 Å². The molecule has 4 heteroatoms. The molecular weight excluding hydrogens is 360 g/mol. The Balaban J connectivity index is 1.74. The summed E-state index contributed by atoms with van der Waals surface area (Å²) < 4.78 is 0. The van der Waals surface area contributed by atoms with Crippen molar-refractivity contribution in [1.82, 2.24) is 4.90 Å². The van der Waals surface area contributed by atoms with Gasteiger partial charge in [0.05, 0.1) is 12.1 Å². The molecule has 1 fully saturated rings. The molecule has 0 saturated carbocycles. The van der Waals surface area contributed by atoms with Crippen LogP contribution in [-0.4, -0.2) is 41.6 Å². The maximum atomic E-state index is 12.8. The number of hydrogen-bond donors (Lipinski definition) is 1. The minimum Gasteiger partial charge on any atom is -0.387 e. The van der Waals surface area contributed by atoms with Gasteiger partial charge in [0.15, 0.2) is 0 Å². The smallest absolute Gasteiger partial charge is 0.227 e. The monoisotopic (exact) mass is 392 g/mol. The van der Waals surface area contributed by atoms with Gasteiger partial charge in [0.2, 0.25) is 5.91 Å². The molecule has 2 aromatic carbocycles. The normalized spacial score (nSPS) is 19.3. The minimum atomic E-state index is -0.500. The number of rotatable bonds is 8. The third-order valence-electron chi connectivity index (χ3n) is 5.79. The van der Waals surface area contributed by atoms with Crippen LogP contribution in [0, 0.1) is 5.92 Å². The van der Waals surface area contributed by atoms with E-state index in [0.29, 0.717) is 18.9 Å². The van der Waals surface area contributed by atoms with Crippen LogP contribution >= 0.6 is 0 Å². The molecule has 1 unspecified atom stereocenters. The number of carbonyl (C=O) groups excluding carboxylic acids is 1. The first-order valence-electron chi connectivity index (χ1n) is 10.6. The predicted molar refractivity (Wildman–Crippen MR) is 119 cm³/mol. The lowest BCUT2D eigenvalue weighted by Crippen LogP contribution is -2.49. The lowest BCUT2D eigenvalue weighted by molar-refractivity contribution is -0.118. The molecule has 4 nitrogen and oxygen atoms in total. The van der Waals surface area contributed by atoms with E-state index in [1.165, 1.54) is 0 Å². The molecule has 1 aliphatic rings. The lowest BCUT2D eigenvalue weighted by Gasteiger charge is -2.41. The Kier molecular flexibility index (Phi) is 7.62. The number of anilines is 1. The van der Waals surface area contributed by atoms with Gasteiger partial charge in [-0.15, -0.1) is 6.58 Å². The molecule has 0 aliphatic carbocycles. The van der Waals surface area contributed by atoms with E-state index in [1.54, 1.807) is 0 Å². The summed E-state index contributed by atoms with van der Waals surface area (Å²) in [5.41, 5.74) is 1.87. The predicted octanol–water partition coefficient (Wildman–Crippen LogP) is 4.43. The van der Waals surface area contributed by atoms with E-state index in [9.17, 15) is 9.90 Å². The summed E-state index contributed by atoms with van der Waals surface area (Å²) in [7, 11) is 0. The Bertz CT molecular complexity index is 778. The summed E-state index contributed by atoms with van der Waals surface area (Å²) in [5, 5.41) is 10.6. The first kappa shape index (κ1) is 21.3. The van der Waals surface area contributed by atoms with Gasteiger partial charge in [0.25, 0.3) is 0 Å². The lowest BCUT2D eigenvalue weighted by atomic mass is 9.88. The topological polar surface area (TPSA) is 43.8 Å². The van der Waals surface area contributed by atoms with Gasteiger partial charge in [-0.3, -0.25) is 4.79 Å². The second kappa shape index (κ2) is 10.4. The van der Waals surface area contributed by atoms with Crippen molar-refractivity contribution in [1.29, 1.82) is 0 Å². The fourth-order valence-corrected chi connectivity index (χ4v) is 4.31. The van der Waals surface area contributed by atoms with Gasteiger partial charge in [-0.25, -0.2) is 0 Å². The molecule has 29 heavy (non-hydrogen) atoms. The number of β-amino-alcohol motifs (C(OH)–C–C–N with tert-alkyl or cyclic N) is 1. The van der Waals surface area contributed by atoms with Gasteiger partial charge in [0.1, 0.15) is 0 Å². The van der Waals surface area contributed by atoms with E-state index in [4.69, 9.17) is 0 Å². The van der Waals surface area contributed by atoms with E-state index < -0.39 is 6.10 Å². The molecule has 1 heterocycles. The summed E-state index contributed by atoms with van der Waals surface area (Å²) in [5.74, 6) is 0.405. The molecule has 154 valence electrons. The molecule has 1 saturated heterocycles. The number of carbonyl (C=O) groups is 1. The van der Waals surface area contributed by atoms with Crippen molar-refractivity contribution in [2.75, 3.05) is 24.5 Å². The fourth-order valence-electron chi connectivity index (χ4n) is 4.31. The molecule has 2 aromatic rings. The van der Waals surface area contributed by atoms with Crippen LogP contribution in [0.25, 0.3) is 0 Å². The Morgan fingerprint density at radius 2 is 1.86 bits per heavy atom. The van der Waals surface area contributed by atoms with Crippen molar-refractivity contribution in [2.45, 2.75) is 38.3 Å². The van der Waals surface area contributed by atoms with Gasteiger partial charge in [0, 0.05) is 25.2 Å². The average molecular weight is 393 g/mol. The van der Waals surface area contributed by atoms with Crippen molar-refractivity contribution in [3.8, 4) is 0 Å². The maximum Gasteiger partial charge on any atom is 0.227 e. The summed E-state index contributed by atoms with van der Waals surface area (Å²) in [6.07, 6.45) is 3.98. The van der Waals surface area contributed by atoms with Gasteiger partial charge in [-0.1, -0.05) is 61.5 Å². The highest BCUT2D eigenvalue weighted by atomic mass is 16.3. The van der Waals surface area contributed by atoms with Crippen LogP contribution in [0.15, 0.2) is 73.3 Å². The van der Waals surface area contributed by atoms with Crippen molar-refractivity contribution in [3.63, 3.8) is 0 Å². The van der Waals surface area contributed by atoms with E-state index >= 15 is 0 Å². The number of aliphatic hydroxyl groups is 1. The van der Waals surface area contributed by atoms with Crippen molar-refractivity contribution in [2.24, 2.45) is 5.92 Å². The van der Waals surface area contributed by atoms with Crippen molar-refractivity contribution >= 4 is 11.6 Å². The molecule has 0 bridgehead atoms. The number of piperidine rings is 1. The van der Waals surface area contributed by atoms with Gasteiger partial charge < -0.3 is 14.9 Å². The van der Waals surface area contributed by atoms with Crippen LogP contribution in [0.3, 0.4) is 0 Å². The fraction of sp³-hybridized carbons (Fsp3) is 0.400. The number of amides is 1. The van der Waals surface area contributed by atoms with Crippen LogP contribution in [0.2, 0.25) is 0 Å². The first-order valence-corrected chi connectivity index (χ1v) is 10.6. The number of benzene rings is 2. The van der Waals surface area contributed by atoms with E-state index in [1.807, 2.05) is 78.6 Å². The zero-order valence-electron chi connectivity index (χ0n) is 17.3. The first-order chi connectivity index (χ1) is 14.1. The largest absolute Gasteiger partial charge is 0.387 e. The zero-order chi connectivity index (χ0) is 20.6. The quantitative estimate of drug-likeness (QED) is 0.676. The second-order valence-electron chi connectivity index (χ2n) is 7.77. The number of nitrogens with zero attached hydrogens (tertiary/aromatic N) is 2. The van der Waals surface area contributed by atoms with Crippen LogP contribution in [-0.2, 0) is 4.79 Å². The maximum absolute atomic E-state index is 12.8. The van der Waals surface area contributed by atoms with Crippen LogP contribution in [0.1, 0.15) is 37.9 Å². The standard InChI is InChI=1S/C25H32N2O2/c1-3-23(27(25(29)4-2)22-15-9-6-10-16-22)21-14-11-17-26(18-21)19-24(28)20-12-7-5-8-13-20/h3,5-10,12-13,15-16,21,23-24,28H,1,4,11,14,17-19H2,2H3/t21-,23?,24+/m1/s1. The van der Waals surface area contributed by atoms with Crippen LogP contribution < -0.4 is 4.90 Å². The highest BCUT2D eigenvalue weighted by Gasteiger charge is 2.32. The molecule has 0 spiro atoms. The number of hydrogen-bond acceptors (Lipinski definition) is 3. The minimum absolute atomic E-state index is 0.0541. The SMILES string of the molecule is C=CC([C@@H]1CCCN(C[C@H](O)c2ccccc2)C1)N(C(=O)CC)c1ccccc1. The van der Waals surface area contributed by atoms with Crippen molar-refractivity contribution < 1.29 is 9.90 Å². The Morgan fingerprint density at radius 3 is 2.48 bits per heavy atom. The molecule has 0 radical (unpaired) electrons. The third kappa shape index (κ3) is 5.34. The highest BCUT2D eigenvalue weighted by molar-refractivity contribution is 5.94. The molecule has 3 rings (SSSR count). The number of para-hydroxylation sites is 1. The molecule has 3 atom stereocenters. The van der Waals surface area contributed by atoms with Gasteiger partial charge in [-0.2, -0.15) is 0 Å². The molecule has 0 aromatic heterocycles. The highest BCUT2D eigenvalue weighted by Crippen LogP contribution is 2.29. The molecule has 1 N–H and O–H groups in total. The van der Waals surface area contributed by atoms with E-state index in [2.05, 4.69) is 11.5 Å². The third-order valence-corrected chi connectivity index (χ3v) is 5.79. The Hall–Kier alpha value is -2.43. The second-order valence-corrected chi connectivity index (χ2v) is 7.77. The summed E-state index contributed by atoms with van der Waals surface area (Å²) in [4.78, 5) is 17.1. The van der Waals surface area contributed by atoms with Crippen LogP contribution in [0.4, 0.5) is 5.69 Å². The van der Waals surface area contributed by atoms with Gasteiger partial charge in [-0.05, 0) is 43.0 Å². The Morgan fingerprint density at radius 1 is 1.21 bits per heavy atom. The van der Waals surface area contributed by atoms with E-state index in [-0.39, 0.29) is 11.9 Å². The summed E-state index contributed by atoms with van der Waals surface area (Å²) in [6, 6.07) is 19.6. The summed E-state index contributed by atoms with van der Waals surface area (Å²) >= 11 is 0. The zero-order valence-corrected chi connectivity index (χ0v) is 17.3. The molecule has 1 aliphatic heterocycles. The Labute approximate surface area is 174 Å². The summed E-state index contributed by atoms with van der Waals surface area (Å²) in [6.45, 7) is 8.40.